The molecule has 0 unspecified atom stereocenters. The average molecular weight is 258 g/mol. The zero-order valence-electron chi connectivity index (χ0n) is 11.1. The van der Waals surface area contributed by atoms with E-state index in [0.29, 0.717) is 46.1 Å². The third-order valence-electron chi connectivity index (χ3n) is 2.28. The van der Waals surface area contributed by atoms with Crippen LogP contribution in [0.25, 0.3) is 0 Å². The number of ether oxygens (including phenoxy) is 3. The van der Waals surface area contributed by atoms with Gasteiger partial charge in [-0.3, -0.25) is 0 Å². The fourth-order valence-electron chi connectivity index (χ4n) is 1.39. The molecule has 0 amide bonds. The highest BCUT2D eigenvalue weighted by atomic mass is 16.5. The van der Waals surface area contributed by atoms with Gasteiger partial charge in [0.2, 0.25) is 0 Å². The predicted octanol–water partition coefficient (Wildman–Crippen LogP) is -0.323. The van der Waals surface area contributed by atoms with Gasteiger partial charge in [0.1, 0.15) is 12.2 Å². The second-order valence-corrected chi connectivity index (χ2v) is 3.65. The predicted molar refractivity (Wildman–Crippen MR) is 66.3 cm³/mol. The normalized spacial score (nSPS) is 11.0. The van der Waals surface area contributed by atoms with Crippen molar-refractivity contribution >= 4 is 0 Å². The topological polar surface area (TPSA) is 70.4 Å². The Morgan fingerprint density at radius 1 is 1.17 bits per heavy atom. The molecule has 1 N–H and O–H groups in total. The second kappa shape index (κ2) is 9.95. The lowest BCUT2D eigenvalue weighted by atomic mass is 10.5. The van der Waals surface area contributed by atoms with Crippen molar-refractivity contribution in [2.24, 2.45) is 0 Å². The van der Waals surface area contributed by atoms with Gasteiger partial charge in [0, 0.05) is 7.11 Å². The van der Waals surface area contributed by atoms with E-state index >= 15 is 0 Å². The summed E-state index contributed by atoms with van der Waals surface area (Å²) in [5.41, 5.74) is 0. The van der Waals surface area contributed by atoms with Crippen molar-refractivity contribution in [3.63, 3.8) is 0 Å². The summed E-state index contributed by atoms with van der Waals surface area (Å²) in [6.07, 6.45) is 1.56. The van der Waals surface area contributed by atoms with Crippen LogP contribution in [0.15, 0.2) is 6.33 Å². The van der Waals surface area contributed by atoms with Gasteiger partial charge in [-0.2, -0.15) is 5.10 Å². The molecule has 0 aliphatic rings. The maximum atomic E-state index is 5.45. The van der Waals surface area contributed by atoms with Crippen LogP contribution in [0, 0.1) is 0 Å². The molecule has 1 rings (SSSR count). The summed E-state index contributed by atoms with van der Waals surface area (Å²) >= 11 is 0. The lowest BCUT2D eigenvalue weighted by Gasteiger charge is -2.07. The first kappa shape index (κ1) is 15.0. The minimum absolute atomic E-state index is 0.583. The molecule has 7 nitrogen and oxygen atoms in total. The molecule has 0 fully saturated rings. The van der Waals surface area contributed by atoms with Crippen LogP contribution in [-0.4, -0.2) is 62.0 Å². The number of hydrogen-bond acceptors (Lipinski definition) is 6. The molecule has 0 spiro atoms. The van der Waals surface area contributed by atoms with Crippen molar-refractivity contribution < 1.29 is 14.2 Å². The van der Waals surface area contributed by atoms with Gasteiger partial charge in [-0.15, -0.1) is 0 Å². The summed E-state index contributed by atoms with van der Waals surface area (Å²) in [6, 6.07) is 0. The molecule has 0 aromatic carbocycles. The Morgan fingerprint density at radius 3 is 2.61 bits per heavy atom. The second-order valence-electron chi connectivity index (χ2n) is 3.65. The number of methoxy groups -OCH3 is 1. The Morgan fingerprint density at radius 2 is 1.89 bits per heavy atom. The molecule has 0 radical (unpaired) electrons. The van der Waals surface area contributed by atoms with E-state index in [1.165, 1.54) is 0 Å². The zero-order chi connectivity index (χ0) is 13.1. The Labute approximate surface area is 107 Å². The molecule has 104 valence electrons. The lowest BCUT2D eigenvalue weighted by molar-refractivity contribution is 0.0224. The molecule has 0 saturated carbocycles. The Balaban J connectivity index is 2.01. The van der Waals surface area contributed by atoms with E-state index in [0.717, 1.165) is 5.82 Å². The fourth-order valence-corrected chi connectivity index (χ4v) is 1.39. The van der Waals surface area contributed by atoms with Crippen LogP contribution in [0.4, 0.5) is 0 Å². The van der Waals surface area contributed by atoms with Gasteiger partial charge in [-0.25, -0.2) is 9.67 Å². The largest absolute Gasteiger partial charge is 0.382 e. The summed E-state index contributed by atoms with van der Waals surface area (Å²) in [7, 11) is 3.54. The van der Waals surface area contributed by atoms with E-state index in [4.69, 9.17) is 14.2 Å². The zero-order valence-corrected chi connectivity index (χ0v) is 11.1. The smallest absolute Gasteiger partial charge is 0.140 e. The van der Waals surface area contributed by atoms with Gasteiger partial charge in [0.05, 0.1) is 46.1 Å². The molecule has 0 aliphatic heterocycles. The minimum Gasteiger partial charge on any atom is -0.382 e. The first-order valence-corrected chi connectivity index (χ1v) is 6.04. The minimum atomic E-state index is 0.583. The number of hydrogen-bond donors (Lipinski definition) is 1. The Kier molecular flexibility index (Phi) is 8.32. The highest BCUT2D eigenvalue weighted by Crippen LogP contribution is 1.93. The summed E-state index contributed by atoms with van der Waals surface area (Å²) in [5, 5.41) is 7.18. The first-order chi connectivity index (χ1) is 8.88. The van der Waals surface area contributed by atoms with E-state index in [1.807, 2.05) is 11.7 Å². The van der Waals surface area contributed by atoms with Gasteiger partial charge in [0.15, 0.2) is 0 Å². The molecule has 0 saturated heterocycles. The lowest BCUT2D eigenvalue weighted by Crippen LogP contribution is -2.17. The summed E-state index contributed by atoms with van der Waals surface area (Å²) in [5.74, 6) is 0.914. The van der Waals surface area contributed by atoms with Gasteiger partial charge < -0.3 is 19.5 Å². The van der Waals surface area contributed by atoms with Crippen LogP contribution in [0.1, 0.15) is 5.82 Å². The van der Waals surface area contributed by atoms with Crippen molar-refractivity contribution in [2.45, 2.75) is 13.1 Å². The standard InChI is InChI=1S/C11H22N4O3/c1-12-9-11-13-10-14-15(11)3-4-17-7-8-18-6-5-16-2/h10,12H,3-9H2,1-2H3. The van der Waals surface area contributed by atoms with Crippen molar-refractivity contribution in [1.29, 1.82) is 0 Å². The van der Waals surface area contributed by atoms with Crippen LogP contribution in [0.2, 0.25) is 0 Å². The van der Waals surface area contributed by atoms with E-state index in [-0.39, 0.29) is 0 Å². The summed E-state index contributed by atoms with van der Waals surface area (Å²) in [6.45, 7) is 4.41. The SMILES string of the molecule is CNCc1ncnn1CCOCCOCCOC. The number of rotatable bonds is 11. The molecular formula is C11H22N4O3. The van der Waals surface area contributed by atoms with E-state index < -0.39 is 0 Å². The van der Waals surface area contributed by atoms with Gasteiger partial charge >= 0.3 is 0 Å². The Bertz CT molecular complexity index is 306. The van der Waals surface area contributed by atoms with Crippen LogP contribution in [-0.2, 0) is 27.3 Å². The highest BCUT2D eigenvalue weighted by molar-refractivity contribution is 4.82. The van der Waals surface area contributed by atoms with Crippen LogP contribution >= 0.6 is 0 Å². The molecule has 7 heteroatoms. The summed E-state index contributed by atoms with van der Waals surface area (Å²) < 4.78 is 17.4. The van der Waals surface area contributed by atoms with Crippen molar-refractivity contribution in [1.82, 2.24) is 20.1 Å². The van der Waals surface area contributed by atoms with Crippen LogP contribution in [0.3, 0.4) is 0 Å². The number of nitrogens with zero attached hydrogens (tertiary/aromatic N) is 3. The van der Waals surface area contributed by atoms with Crippen LogP contribution in [0.5, 0.6) is 0 Å². The molecule has 18 heavy (non-hydrogen) atoms. The molecule has 1 aromatic heterocycles. The van der Waals surface area contributed by atoms with Gasteiger partial charge in [-0.1, -0.05) is 0 Å². The molecular weight excluding hydrogens is 236 g/mol. The van der Waals surface area contributed by atoms with Crippen molar-refractivity contribution in [3.05, 3.63) is 12.2 Å². The van der Waals surface area contributed by atoms with Crippen molar-refractivity contribution in [2.75, 3.05) is 47.2 Å². The van der Waals surface area contributed by atoms with Crippen LogP contribution < -0.4 is 5.32 Å². The highest BCUT2D eigenvalue weighted by Gasteiger charge is 2.02. The molecule has 0 bridgehead atoms. The van der Waals surface area contributed by atoms with E-state index in [2.05, 4.69) is 15.4 Å². The Hall–Kier alpha value is -1.02. The maximum Gasteiger partial charge on any atom is 0.140 e. The molecule has 1 aromatic rings. The summed E-state index contributed by atoms with van der Waals surface area (Å²) in [4.78, 5) is 4.15. The fraction of sp³-hybridized carbons (Fsp3) is 0.818. The van der Waals surface area contributed by atoms with Gasteiger partial charge in [0.25, 0.3) is 0 Å². The van der Waals surface area contributed by atoms with E-state index in [1.54, 1.807) is 13.4 Å². The number of nitrogens with one attached hydrogen (secondary N) is 1. The van der Waals surface area contributed by atoms with E-state index in [9.17, 15) is 0 Å². The number of aromatic nitrogens is 3. The van der Waals surface area contributed by atoms with Crippen molar-refractivity contribution in [3.8, 4) is 0 Å². The third kappa shape index (κ3) is 6.06. The average Bonchev–Trinajstić information content (AvgIpc) is 2.81. The van der Waals surface area contributed by atoms with Gasteiger partial charge in [-0.05, 0) is 7.05 Å². The monoisotopic (exact) mass is 258 g/mol. The molecule has 1 heterocycles. The maximum absolute atomic E-state index is 5.45. The molecule has 0 atom stereocenters. The quantitative estimate of drug-likeness (QED) is 0.548. The third-order valence-corrected chi connectivity index (χ3v) is 2.28. The first-order valence-electron chi connectivity index (χ1n) is 6.04. The molecule has 0 aliphatic carbocycles.